The number of carbonyl (C=O) groups is 2. The van der Waals surface area contributed by atoms with E-state index in [0.29, 0.717) is 42.3 Å². The summed E-state index contributed by atoms with van der Waals surface area (Å²) in [6.07, 6.45) is 5.27. The normalized spacial score (nSPS) is 17.1. The Labute approximate surface area is 210 Å². The molecule has 2 aliphatic heterocycles. The van der Waals surface area contributed by atoms with Gasteiger partial charge >= 0.3 is 0 Å². The predicted octanol–water partition coefficient (Wildman–Crippen LogP) is 4.60. The van der Waals surface area contributed by atoms with Gasteiger partial charge < -0.3 is 9.80 Å². The van der Waals surface area contributed by atoms with E-state index in [9.17, 15) is 9.59 Å². The van der Waals surface area contributed by atoms with E-state index in [1.54, 1.807) is 29.4 Å². The first-order valence-corrected chi connectivity index (χ1v) is 12.1. The van der Waals surface area contributed by atoms with Gasteiger partial charge in [-0.25, -0.2) is 0 Å². The summed E-state index contributed by atoms with van der Waals surface area (Å²) in [5.74, 6) is -0.0290. The van der Waals surface area contributed by atoms with Crippen molar-refractivity contribution in [2.75, 3.05) is 36.0 Å². The van der Waals surface area contributed by atoms with Crippen LogP contribution in [0.5, 0.6) is 0 Å². The molecule has 0 bridgehead atoms. The minimum absolute atomic E-state index is 0.0282. The topological polar surface area (TPSA) is 69.6 Å². The number of nitrogens with zero attached hydrogens (tertiary/aromatic N) is 5. The van der Waals surface area contributed by atoms with Crippen LogP contribution in [0.15, 0.2) is 48.9 Å². The van der Waals surface area contributed by atoms with Gasteiger partial charge in [0.15, 0.2) is 0 Å². The molecule has 3 aromatic rings. The average molecular weight is 490 g/mol. The van der Waals surface area contributed by atoms with Crippen LogP contribution in [-0.4, -0.2) is 52.9 Å². The quantitative estimate of drug-likeness (QED) is 0.537. The number of piperazine rings is 1. The molecule has 0 atom stereocenters. The molecule has 0 saturated carbocycles. The van der Waals surface area contributed by atoms with Crippen molar-refractivity contribution in [3.8, 4) is 0 Å². The van der Waals surface area contributed by atoms with Gasteiger partial charge in [0.05, 0.1) is 40.6 Å². The fraction of sp³-hybridized carbons (Fsp3) is 0.333. The highest BCUT2D eigenvalue weighted by Gasteiger charge is 2.44. The number of fused-ring (bicyclic) bond motifs is 1. The Bertz CT molecular complexity index is 1310. The van der Waals surface area contributed by atoms with Crippen LogP contribution in [0.4, 0.5) is 11.4 Å². The summed E-state index contributed by atoms with van der Waals surface area (Å²) >= 11 is 6.23. The van der Waals surface area contributed by atoms with Crippen LogP contribution in [-0.2, 0) is 5.54 Å². The van der Waals surface area contributed by atoms with E-state index in [1.165, 1.54) is 0 Å². The molecule has 0 radical (unpaired) electrons. The van der Waals surface area contributed by atoms with E-state index < -0.39 is 5.54 Å². The van der Waals surface area contributed by atoms with E-state index in [0.717, 1.165) is 28.2 Å². The summed E-state index contributed by atoms with van der Waals surface area (Å²) in [5, 5.41) is 0.613. The molecule has 2 aromatic heterocycles. The summed E-state index contributed by atoms with van der Waals surface area (Å²) in [6, 6.07) is 9.30. The Morgan fingerprint density at radius 1 is 1.00 bits per heavy atom. The molecule has 4 heterocycles. The molecule has 180 valence electrons. The summed E-state index contributed by atoms with van der Waals surface area (Å²) < 4.78 is 0. The standard InChI is InChI=1S/C27H28ClN5O2/c1-17-7-8-30-18(2)24(17)26(35)32-11-9-31(10-12-32)20-14-21(16-29-15-20)33-25(34)22-6-5-19(28)13-23(22)27(33,3)4/h5-8,13-16H,9-12H2,1-4H3. The molecule has 2 amide bonds. The monoisotopic (exact) mass is 489 g/mol. The van der Waals surface area contributed by atoms with E-state index in [-0.39, 0.29) is 11.8 Å². The average Bonchev–Trinajstić information content (AvgIpc) is 3.03. The minimum Gasteiger partial charge on any atom is -0.367 e. The Balaban J connectivity index is 1.35. The van der Waals surface area contributed by atoms with Crippen LogP contribution in [0.3, 0.4) is 0 Å². The number of anilines is 2. The summed E-state index contributed by atoms with van der Waals surface area (Å²) in [5.41, 5.74) is 5.09. The van der Waals surface area contributed by atoms with Crippen LogP contribution in [0, 0.1) is 13.8 Å². The number of hydrogen-bond acceptors (Lipinski definition) is 5. The third kappa shape index (κ3) is 3.93. The van der Waals surface area contributed by atoms with Gasteiger partial charge in [0.1, 0.15) is 0 Å². The second kappa shape index (κ2) is 8.64. The first-order valence-electron chi connectivity index (χ1n) is 11.7. The molecule has 1 fully saturated rings. The van der Waals surface area contributed by atoms with Gasteiger partial charge in [-0.3, -0.25) is 24.5 Å². The Morgan fingerprint density at radius 2 is 1.71 bits per heavy atom. The van der Waals surface area contributed by atoms with Gasteiger partial charge in [-0.05, 0) is 69.2 Å². The van der Waals surface area contributed by atoms with Crippen LogP contribution < -0.4 is 9.80 Å². The fourth-order valence-corrected chi connectivity index (χ4v) is 5.37. The molecule has 1 saturated heterocycles. The lowest BCUT2D eigenvalue weighted by molar-refractivity contribution is 0.0744. The van der Waals surface area contributed by atoms with Crippen molar-refractivity contribution in [1.82, 2.24) is 14.9 Å². The van der Waals surface area contributed by atoms with Crippen molar-refractivity contribution in [1.29, 1.82) is 0 Å². The van der Waals surface area contributed by atoms with Crippen molar-refractivity contribution in [2.24, 2.45) is 0 Å². The second-order valence-corrected chi connectivity index (χ2v) is 10.1. The second-order valence-electron chi connectivity index (χ2n) is 9.66. The lowest BCUT2D eigenvalue weighted by atomic mass is 9.93. The van der Waals surface area contributed by atoms with Crippen molar-refractivity contribution < 1.29 is 9.59 Å². The molecule has 0 N–H and O–H groups in total. The van der Waals surface area contributed by atoms with Gasteiger partial charge in [0.25, 0.3) is 11.8 Å². The Morgan fingerprint density at radius 3 is 2.43 bits per heavy atom. The van der Waals surface area contributed by atoms with Gasteiger partial charge in [-0.15, -0.1) is 0 Å². The van der Waals surface area contributed by atoms with E-state index in [2.05, 4.69) is 14.9 Å². The number of halogens is 1. The number of hydrogen-bond donors (Lipinski definition) is 0. The molecule has 35 heavy (non-hydrogen) atoms. The van der Waals surface area contributed by atoms with Gasteiger partial charge in [0, 0.05) is 43.0 Å². The maximum atomic E-state index is 13.3. The molecule has 0 unspecified atom stereocenters. The van der Waals surface area contributed by atoms with Crippen LogP contribution in [0.25, 0.3) is 0 Å². The van der Waals surface area contributed by atoms with Crippen molar-refractivity contribution in [2.45, 2.75) is 33.2 Å². The maximum Gasteiger partial charge on any atom is 0.259 e. The molecule has 5 rings (SSSR count). The Hall–Kier alpha value is -3.45. The van der Waals surface area contributed by atoms with Crippen molar-refractivity contribution in [3.63, 3.8) is 0 Å². The van der Waals surface area contributed by atoms with Gasteiger partial charge in [-0.2, -0.15) is 0 Å². The fourth-order valence-electron chi connectivity index (χ4n) is 5.20. The van der Waals surface area contributed by atoms with Crippen LogP contribution >= 0.6 is 11.6 Å². The number of aryl methyl sites for hydroxylation is 2. The number of amides is 2. The molecule has 7 nitrogen and oxygen atoms in total. The van der Waals surface area contributed by atoms with Crippen LogP contribution in [0.2, 0.25) is 5.02 Å². The first kappa shape index (κ1) is 23.3. The lowest BCUT2D eigenvalue weighted by Crippen LogP contribution is -2.49. The van der Waals surface area contributed by atoms with E-state index >= 15 is 0 Å². The number of pyridine rings is 2. The first-order chi connectivity index (χ1) is 16.7. The molecule has 0 aliphatic carbocycles. The van der Waals surface area contributed by atoms with E-state index in [1.807, 2.05) is 57.0 Å². The highest BCUT2D eigenvalue weighted by Crippen LogP contribution is 2.43. The van der Waals surface area contributed by atoms with Gasteiger partial charge in [0.2, 0.25) is 0 Å². The number of carbonyl (C=O) groups excluding carboxylic acids is 2. The zero-order valence-electron chi connectivity index (χ0n) is 20.4. The molecule has 1 aromatic carbocycles. The maximum absolute atomic E-state index is 13.3. The van der Waals surface area contributed by atoms with Crippen molar-refractivity contribution >= 4 is 34.8 Å². The summed E-state index contributed by atoms with van der Waals surface area (Å²) in [6.45, 7) is 10.4. The third-order valence-corrected chi connectivity index (χ3v) is 7.33. The molecule has 2 aliphatic rings. The molecule has 8 heteroatoms. The molecular weight excluding hydrogens is 462 g/mol. The predicted molar refractivity (Wildman–Crippen MR) is 137 cm³/mol. The SMILES string of the molecule is Cc1ccnc(C)c1C(=O)N1CCN(c2cncc(N3C(=O)c4ccc(Cl)cc4C3(C)C)c2)CC1. The molecule has 0 spiro atoms. The summed E-state index contributed by atoms with van der Waals surface area (Å²) in [4.78, 5) is 41.1. The number of benzene rings is 1. The van der Waals surface area contributed by atoms with E-state index in [4.69, 9.17) is 11.6 Å². The highest BCUT2D eigenvalue weighted by atomic mass is 35.5. The van der Waals surface area contributed by atoms with Crippen LogP contribution in [0.1, 0.15) is 51.4 Å². The number of rotatable bonds is 3. The molecular formula is C27H28ClN5O2. The number of aromatic nitrogens is 2. The van der Waals surface area contributed by atoms with Gasteiger partial charge in [-0.1, -0.05) is 11.6 Å². The van der Waals surface area contributed by atoms with Crippen molar-refractivity contribution in [3.05, 3.63) is 81.9 Å². The third-order valence-electron chi connectivity index (χ3n) is 7.10. The largest absolute Gasteiger partial charge is 0.367 e. The Kier molecular flexibility index (Phi) is 5.75. The lowest BCUT2D eigenvalue weighted by Gasteiger charge is -2.37. The minimum atomic E-state index is -0.553. The zero-order valence-corrected chi connectivity index (χ0v) is 21.1. The smallest absolute Gasteiger partial charge is 0.259 e. The highest BCUT2D eigenvalue weighted by molar-refractivity contribution is 6.31. The zero-order chi connectivity index (χ0) is 24.9. The summed E-state index contributed by atoms with van der Waals surface area (Å²) in [7, 11) is 0.